The summed E-state index contributed by atoms with van der Waals surface area (Å²) in [5.41, 5.74) is 0.539. The Balaban J connectivity index is 1.93. The van der Waals surface area contributed by atoms with Gasteiger partial charge < -0.3 is 10.6 Å². The molecule has 1 aliphatic heterocycles. The second kappa shape index (κ2) is 5.05. The first kappa shape index (κ1) is 12.4. The van der Waals surface area contributed by atoms with Crippen LogP contribution in [0.2, 0.25) is 5.02 Å². The summed E-state index contributed by atoms with van der Waals surface area (Å²) in [6.07, 6.45) is -0.121. The van der Waals surface area contributed by atoms with Crippen molar-refractivity contribution < 1.29 is 14.4 Å². The molecular formula is C11H10ClN3O3. The summed E-state index contributed by atoms with van der Waals surface area (Å²) >= 11 is 5.77. The number of halogens is 1. The van der Waals surface area contributed by atoms with Gasteiger partial charge in [0.25, 0.3) is 5.91 Å². The van der Waals surface area contributed by atoms with Crippen LogP contribution in [0.5, 0.6) is 0 Å². The highest BCUT2D eigenvalue weighted by atomic mass is 35.5. The minimum atomic E-state index is -0.823. The molecule has 1 saturated heterocycles. The molecule has 1 atom stereocenters. The highest BCUT2D eigenvalue weighted by Crippen LogP contribution is 2.15. The van der Waals surface area contributed by atoms with Crippen LogP contribution < -0.4 is 16.0 Å². The SMILES string of the molecule is O=C(CC1NC(=O)NC1=O)Nc1cccc(Cl)c1. The molecule has 1 heterocycles. The Morgan fingerprint density at radius 3 is 2.78 bits per heavy atom. The molecule has 1 aromatic rings. The Bertz CT molecular complexity index is 518. The largest absolute Gasteiger partial charge is 0.326 e. The van der Waals surface area contributed by atoms with Crippen LogP contribution in [0.3, 0.4) is 0 Å². The van der Waals surface area contributed by atoms with Crippen LogP contribution in [0, 0.1) is 0 Å². The molecule has 1 unspecified atom stereocenters. The standard InChI is InChI=1S/C11H10ClN3O3/c12-6-2-1-3-7(4-6)13-9(16)5-8-10(17)15-11(18)14-8/h1-4,8H,5H2,(H,13,16)(H2,14,15,17,18). The molecule has 18 heavy (non-hydrogen) atoms. The predicted molar refractivity (Wildman–Crippen MR) is 65.2 cm³/mol. The quantitative estimate of drug-likeness (QED) is 0.711. The monoisotopic (exact) mass is 267 g/mol. The maximum Gasteiger partial charge on any atom is 0.322 e. The second-order valence-corrected chi connectivity index (χ2v) is 4.21. The van der Waals surface area contributed by atoms with Crippen molar-refractivity contribution in [2.75, 3.05) is 5.32 Å². The number of carbonyl (C=O) groups excluding carboxylic acids is 3. The summed E-state index contributed by atoms with van der Waals surface area (Å²) in [5.74, 6) is -0.874. The second-order valence-electron chi connectivity index (χ2n) is 3.78. The topological polar surface area (TPSA) is 87.3 Å². The van der Waals surface area contributed by atoms with E-state index in [9.17, 15) is 14.4 Å². The number of urea groups is 1. The molecule has 0 spiro atoms. The zero-order valence-corrected chi connectivity index (χ0v) is 9.95. The highest BCUT2D eigenvalue weighted by molar-refractivity contribution is 6.30. The number of anilines is 1. The number of imide groups is 1. The molecule has 0 radical (unpaired) electrons. The minimum absolute atomic E-state index is 0.121. The zero-order chi connectivity index (χ0) is 13.1. The molecule has 94 valence electrons. The maximum absolute atomic E-state index is 11.6. The van der Waals surface area contributed by atoms with Gasteiger partial charge in [-0.3, -0.25) is 14.9 Å². The molecule has 6 nitrogen and oxygen atoms in total. The third-order valence-corrected chi connectivity index (χ3v) is 2.59. The molecule has 7 heteroatoms. The summed E-state index contributed by atoms with van der Waals surface area (Å²) in [6, 6.07) is 5.24. The van der Waals surface area contributed by atoms with Gasteiger partial charge in [0, 0.05) is 10.7 Å². The Hall–Kier alpha value is -2.08. The molecule has 0 aliphatic carbocycles. The van der Waals surface area contributed by atoms with Crippen molar-refractivity contribution in [3.05, 3.63) is 29.3 Å². The third-order valence-electron chi connectivity index (χ3n) is 2.36. The highest BCUT2D eigenvalue weighted by Gasteiger charge is 2.31. The van der Waals surface area contributed by atoms with Crippen LogP contribution >= 0.6 is 11.6 Å². The fraction of sp³-hybridized carbons (Fsp3) is 0.182. The van der Waals surface area contributed by atoms with Gasteiger partial charge in [-0.2, -0.15) is 0 Å². The molecule has 3 N–H and O–H groups in total. The van der Waals surface area contributed by atoms with Crippen LogP contribution in [0.25, 0.3) is 0 Å². The number of rotatable bonds is 3. The van der Waals surface area contributed by atoms with Crippen LogP contribution in [-0.4, -0.2) is 23.9 Å². The van der Waals surface area contributed by atoms with E-state index in [2.05, 4.69) is 16.0 Å². The lowest BCUT2D eigenvalue weighted by molar-refractivity contribution is -0.124. The van der Waals surface area contributed by atoms with Crippen LogP contribution in [-0.2, 0) is 9.59 Å². The van der Waals surface area contributed by atoms with Gasteiger partial charge in [0.15, 0.2) is 0 Å². The Morgan fingerprint density at radius 1 is 1.39 bits per heavy atom. The van der Waals surface area contributed by atoms with E-state index < -0.39 is 18.0 Å². The molecule has 0 saturated carbocycles. The number of amides is 4. The Labute approximate surface area is 108 Å². The van der Waals surface area contributed by atoms with Crippen molar-refractivity contribution >= 4 is 35.1 Å². The summed E-state index contributed by atoms with van der Waals surface area (Å²) in [6.45, 7) is 0. The first-order valence-corrected chi connectivity index (χ1v) is 5.59. The average Bonchev–Trinajstić information content (AvgIpc) is 2.57. The molecule has 1 aromatic carbocycles. The Morgan fingerprint density at radius 2 is 2.17 bits per heavy atom. The van der Waals surface area contributed by atoms with E-state index in [-0.39, 0.29) is 12.3 Å². The normalized spacial score (nSPS) is 18.2. The number of hydrogen-bond acceptors (Lipinski definition) is 3. The van der Waals surface area contributed by atoms with E-state index in [4.69, 9.17) is 11.6 Å². The fourth-order valence-corrected chi connectivity index (χ4v) is 1.76. The summed E-state index contributed by atoms with van der Waals surface area (Å²) < 4.78 is 0. The minimum Gasteiger partial charge on any atom is -0.326 e. The Kier molecular flexibility index (Phi) is 3.47. The van der Waals surface area contributed by atoms with E-state index >= 15 is 0 Å². The average molecular weight is 268 g/mol. The molecule has 0 aromatic heterocycles. The summed E-state index contributed by atoms with van der Waals surface area (Å²) in [4.78, 5) is 33.7. The van der Waals surface area contributed by atoms with Crippen LogP contribution in [0.4, 0.5) is 10.5 Å². The van der Waals surface area contributed by atoms with E-state index in [1.54, 1.807) is 24.3 Å². The van der Waals surface area contributed by atoms with E-state index in [0.29, 0.717) is 10.7 Å². The molecular weight excluding hydrogens is 258 g/mol. The number of hydrogen-bond donors (Lipinski definition) is 3. The first-order chi connectivity index (χ1) is 8.54. The van der Waals surface area contributed by atoms with Crippen molar-refractivity contribution in [3.8, 4) is 0 Å². The van der Waals surface area contributed by atoms with E-state index in [1.807, 2.05) is 0 Å². The third kappa shape index (κ3) is 2.98. The van der Waals surface area contributed by atoms with Crippen molar-refractivity contribution in [1.82, 2.24) is 10.6 Å². The van der Waals surface area contributed by atoms with Gasteiger partial charge in [-0.1, -0.05) is 17.7 Å². The number of carbonyl (C=O) groups is 3. The van der Waals surface area contributed by atoms with E-state index in [1.165, 1.54) is 0 Å². The van der Waals surface area contributed by atoms with Crippen LogP contribution in [0.1, 0.15) is 6.42 Å². The van der Waals surface area contributed by atoms with Crippen molar-refractivity contribution in [3.63, 3.8) is 0 Å². The number of nitrogens with one attached hydrogen (secondary N) is 3. The van der Waals surface area contributed by atoms with Gasteiger partial charge in [-0.25, -0.2) is 4.79 Å². The van der Waals surface area contributed by atoms with Crippen LogP contribution in [0.15, 0.2) is 24.3 Å². The van der Waals surface area contributed by atoms with Gasteiger partial charge in [-0.15, -0.1) is 0 Å². The lowest BCUT2D eigenvalue weighted by atomic mass is 10.2. The van der Waals surface area contributed by atoms with Gasteiger partial charge in [0.1, 0.15) is 6.04 Å². The predicted octanol–water partition coefficient (Wildman–Crippen LogP) is 0.877. The van der Waals surface area contributed by atoms with Gasteiger partial charge >= 0.3 is 6.03 Å². The smallest absolute Gasteiger partial charge is 0.322 e. The van der Waals surface area contributed by atoms with Crippen molar-refractivity contribution in [1.29, 1.82) is 0 Å². The van der Waals surface area contributed by atoms with E-state index in [0.717, 1.165) is 0 Å². The molecule has 1 fully saturated rings. The maximum atomic E-state index is 11.6. The summed E-state index contributed by atoms with van der Waals surface area (Å²) in [7, 11) is 0. The number of benzene rings is 1. The fourth-order valence-electron chi connectivity index (χ4n) is 1.57. The molecule has 1 aliphatic rings. The molecule has 4 amide bonds. The van der Waals surface area contributed by atoms with Gasteiger partial charge in [-0.05, 0) is 18.2 Å². The zero-order valence-electron chi connectivity index (χ0n) is 9.20. The molecule has 0 bridgehead atoms. The lowest BCUT2D eigenvalue weighted by Crippen LogP contribution is -2.33. The van der Waals surface area contributed by atoms with Crippen molar-refractivity contribution in [2.24, 2.45) is 0 Å². The summed E-state index contributed by atoms with van der Waals surface area (Å²) in [5, 5.41) is 7.49. The van der Waals surface area contributed by atoms with Gasteiger partial charge in [0.05, 0.1) is 6.42 Å². The van der Waals surface area contributed by atoms with Crippen molar-refractivity contribution in [2.45, 2.75) is 12.5 Å². The lowest BCUT2D eigenvalue weighted by Gasteiger charge is -2.08. The first-order valence-electron chi connectivity index (χ1n) is 5.21. The molecule has 2 rings (SSSR count). The van der Waals surface area contributed by atoms with Gasteiger partial charge in [0.2, 0.25) is 5.91 Å².